The number of carbonyl (C=O) groups excluding carboxylic acids is 1. The van der Waals surface area contributed by atoms with Crippen LogP contribution in [0.2, 0.25) is 5.02 Å². The lowest BCUT2D eigenvalue weighted by Crippen LogP contribution is -2.38. The summed E-state index contributed by atoms with van der Waals surface area (Å²) in [6.45, 7) is 3.21. The third kappa shape index (κ3) is 6.72. The number of nitrogens with one attached hydrogen (secondary N) is 1. The zero-order valence-corrected chi connectivity index (χ0v) is 15.1. The van der Waals surface area contributed by atoms with Gasteiger partial charge in [0.15, 0.2) is 0 Å². The van der Waals surface area contributed by atoms with E-state index in [1.807, 2.05) is 18.9 Å². The monoisotopic (exact) mass is 364 g/mol. The maximum Gasteiger partial charge on any atom is 0.234 e. The molecule has 0 aliphatic heterocycles. The van der Waals surface area contributed by atoms with E-state index >= 15 is 0 Å². The molecule has 2 aromatic rings. The molecule has 4 nitrogen and oxygen atoms in total. The summed E-state index contributed by atoms with van der Waals surface area (Å²) in [4.78, 5) is 14.0. The van der Waals surface area contributed by atoms with Crippen LogP contribution < -0.4 is 10.1 Å². The Balaban J connectivity index is 1.70. The molecule has 1 amide bonds. The third-order valence-electron chi connectivity index (χ3n) is 3.72. The summed E-state index contributed by atoms with van der Waals surface area (Å²) < 4.78 is 18.5. The van der Waals surface area contributed by atoms with Crippen LogP contribution in [0.25, 0.3) is 0 Å². The van der Waals surface area contributed by atoms with E-state index in [0.29, 0.717) is 18.2 Å². The van der Waals surface area contributed by atoms with E-state index < -0.39 is 0 Å². The smallest absolute Gasteiger partial charge is 0.234 e. The highest BCUT2D eigenvalue weighted by molar-refractivity contribution is 6.30. The highest BCUT2D eigenvalue weighted by atomic mass is 35.5. The fourth-order valence-electron chi connectivity index (χ4n) is 2.30. The fraction of sp³-hybridized carbons (Fsp3) is 0.316. The molecule has 2 rings (SSSR count). The van der Waals surface area contributed by atoms with Gasteiger partial charge in [-0.05, 0) is 55.9 Å². The largest absolute Gasteiger partial charge is 0.492 e. The molecule has 1 unspecified atom stereocenters. The standard InChI is InChI=1S/C19H22ClFN2O2/c1-14(15-3-7-17(21)8-4-15)22-19(24)13-23(2)11-12-25-18-9-5-16(20)6-10-18/h3-10,14H,11-13H2,1-2H3,(H,22,24). The van der Waals surface area contributed by atoms with Gasteiger partial charge in [-0.2, -0.15) is 0 Å². The summed E-state index contributed by atoms with van der Waals surface area (Å²) in [5.74, 6) is 0.362. The molecule has 0 saturated carbocycles. The summed E-state index contributed by atoms with van der Waals surface area (Å²) in [5, 5.41) is 3.57. The highest BCUT2D eigenvalue weighted by Crippen LogP contribution is 2.15. The molecule has 0 fully saturated rings. The van der Waals surface area contributed by atoms with Crippen LogP contribution in [0.4, 0.5) is 4.39 Å². The number of hydrogen-bond acceptors (Lipinski definition) is 3. The Morgan fingerprint density at radius 1 is 1.20 bits per heavy atom. The Morgan fingerprint density at radius 3 is 2.48 bits per heavy atom. The van der Waals surface area contributed by atoms with Crippen LogP contribution in [0.5, 0.6) is 5.75 Å². The number of nitrogens with zero attached hydrogens (tertiary/aromatic N) is 1. The van der Waals surface area contributed by atoms with Crippen molar-refractivity contribution in [1.29, 1.82) is 0 Å². The number of halogens is 2. The molecule has 6 heteroatoms. The first-order chi connectivity index (χ1) is 11.9. The second kappa shape index (κ2) is 9.39. The normalized spacial score (nSPS) is 12.0. The van der Waals surface area contributed by atoms with Gasteiger partial charge in [-0.1, -0.05) is 23.7 Å². The molecule has 1 N–H and O–H groups in total. The van der Waals surface area contributed by atoms with Crippen molar-refractivity contribution in [2.75, 3.05) is 26.7 Å². The quantitative estimate of drug-likeness (QED) is 0.777. The van der Waals surface area contributed by atoms with Gasteiger partial charge in [-0.3, -0.25) is 9.69 Å². The summed E-state index contributed by atoms with van der Waals surface area (Å²) in [6.07, 6.45) is 0. The third-order valence-corrected chi connectivity index (χ3v) is 3.97. The van der Waals surface area contributed by atoms with E-state index in [1.54, 1.807) is 36.4 Å². The number of ether oxygens (including phenoxy) is 1. The topological polar surface area (TPSA) is 41.6 Å². The Bertz CT molecular complexity index is 677. The zero-order valence-electron chi connectivity index (χ0n) is 14.3. The first-order valence-corrected chi connectivity index (χ1v) is 8.43. The lowest BCUT2D eigenvalue weighted by atomic mass is 10.1. The Hall–Kier alpha value is -2.11. The maximum atomic E-state index is 12.9. The van der Waals surface area contributed by atoms with E-state index in [1.165, 1.54) is 12.1 Å². The van der Waals surface area contributed by atoms with Crippen LogP contribution >= 0.6 is 11.6 Å². The molecule has 0 spiro atoms. The number of amides is 1. The van der Waals surface area contributed by atoms with E-state index in [0.717, 1.165) is 11.3 Å². The van der Waals surface area contributed by atoms with Crippen LogP contribution in [0, 0.1) is 5.82 Å². The van der Waals surface area contributed by atoms with E-state index in [2.05, 4.69) is 5.32 Å². The summed E-state index contributed by atoms with van der Waals surface area (Å²) >= 11 is 5.82. The molecule has 0 aliphatic carbocycles. The van der Waals surface area contributed by atoms with Gasteiger partial charge in [0.25, 0.3) is 0 Å². The van der Waals surface area contributed by atoms with Crippen molar-refractivity contribution in [3.05, 3.63) is 64.9 Å². The number of likely N-dealkylation sites (N-methyl/N-ethyl adjacent to an activating group) is 1. The maximum absolute atomic E-state index is 12.9. The Kier molecular flexibility index (Phi) is 7.22. The van der Waals surface area contributed by atoms with Crippen LogP contribution in [-0.4, -0.2) is 37.6 Å². The molecule has 1 atom stereocenters. The molecule has 134 valence electrons. The van der Waals surface area contributed by atoms with Crippen molar-refractivity contribution >= 4 is 17.5 Å². The van der Waals surface area contributed by atoms with Crippen molar-refractivity contribution in [3.8, 4) is 5.75 Å². The molecule has 0 radical (unpaired) electrons. The second-order valence-electron chi connectivity index (χ2n) is 5.88. The van der Waals surface area contributed by atoms with Crippen molar-refractivity contribution in [1.82, 2.24) is 10.2 Å². The van der Waals surface area contributed by atoms with Crippen LogP contribution in [0.1, 0.15) is 18.5 Å². The minimum Gasteiger partial charge on any atom is -0.492 e. The average Bonchev–Trinajstić information content (AvgIpc) is 2.57. The SMILES string of the molecule is CC(NC(=O)CN(C)CCOc1ccc(Cl)cc1)c1ccc(F)cc1. The second-order valence-corrected chi connectivity index (χ2v) is 6.32. The predicted molar refractivity (Wildman–Crippen MR) is 97.4 cm³/mol. The Labute approximate surface area is 152 Å². The van der Waals surface area contributed by atoms with Gasteiger partial charge in [0.05, 0.1) is 12.6 Å². The van der Waals surface area contributed by atoms with E-state index in [9.17, 15) is 9.18 Å². The molecule has 0 heterocycles. The predicted octanol–water partition coefficient (Wildman–Crippen LogP) is 3.67. The summed E-state index contributed by atoms with van der Waals surface area (Å²) in [5.41, 5.74) is 0.864. The lowest BCUT2D eigenvalue weighted by molar-refractivity contribution is -0.122. The number of benzene rings is 2. The van der Waals surface area contributed by atoms with Crippen molar-refractivity contribution in [2.24, 2.45) is 0 Å². The number of rotatable bonds is 8. The van der Waals surface area contributed by atoms with Gasteiger partial charge in [0.2, 0.25) is 5.91 Å². The molecule has 2 aromatic carbocycles. The summed E-state index contributed by atoms with van der Waals surface area (Å²) in [7, 11) is 1.85. The van der Waals surface area contributed by atoms with Gasteiger partial charge in [0, 0.05) is 11.6 Å². The average molecular weight is 365 g/mol. The molecule has 0 bridgehead atoms. The van der Waals surface area contributed by atoms with Gasteiger partial charge in [0.1, 0.15) is 18.2 Å². The number of carbonyl (C=O) groups is 1. The van der Waals surface area contributed by atoms with Gasteiger partial charge in [-0.15, -0.1) is 0 Å². The van der Waals surface area contributed by atoms with Crippen LogP contribution in [0.15, 0.2) is 48.5 Å². The van der Waals surface area contributed by atoms with Crippen LogP contribution in [0.3, 0.4) is 0 Å². The molecule has 0 aromatic heterocycles. The van der Waals surface area contributed by atoms with Gasteiger partial charge >= 0.3 is 0 Å². The first kappa shape index (κ1) is 19.2. The van der Waals surface area contributed by atoms with Crippen LogP contribution in [-0.2, 0) is 4.79 Å². The van der Waals surface area contributed by atoms with Crippen molar-refractivity contribution in [2.45, 2.75) is 13.0 Å². The van der Waals surface area contributed by atoms with E-state index in [-0.39, 0.29) is 24.3 Å². The first-order valence-electron chi connectivity index (χ1n) is 8.06. The summed E-state index contributed by atoms with van der Waals surface area (Å²) in [6, 6.07) is 13.1. The molecule has 0 aliphatic rings. The Morgan fingerprint density at radius 2 is 1.84 bits per heavy atom. The lowest BCUT2D eigenvalue weighted by Gasteiger charge is -2.19. The fourth-order valence-corrected chi connectivity index (χ4v) is 2.42. The van der Waals surface area contributed by atoms with Crippen molar-refractivity contribution in [3.63, 3.8) is 0 Å². The zero-order chi connectivity index (χ0) is 18.2. The minimum atomic E-state index is -0.289. The highest BCUT2D eigenvalue weighted by Gasteiger charge is 2.11. The minimum absolute atomic E-state index is 0.0918. The van der Waals surface area contributed by atoms with E-state index in [4.69, 9.17) is 16.3 Å². The van der Waals surface area contributed by atoms with Gasteiger partial charge in [-0.25, -0.2) is 4.39 Å². The molecule has 0 saturated heterocycles. The molecule has 25 heavy (non-hydrogen) atoms. The molecular formula is C19H22ClFN2O2. The van der Waals surface area contributed by atoms with Gasteiger partial charge < -0.3 is 10.1 Å². The van der Waals surface area contributed by atoms with Crippen molar-refractivity contribution < 1.29 is 13.9 Å². The molecular weight excluding hydrogens is 343 g/mol. The number of hydrogen-bond donors (Lipinski definition) is 1.